The average Bonchev–Trinajstić information content (AvgIpc) is 3.20. The summed E-state index contributed by atoms with van der Waals surface area (Å²) in [5.74, 6) is -0.100. The molecule has 1 aliphatic rings. The Kier molecular flexibility index (Phi) is 8.73. The van der Waals surface area contributed by atoms with Gasteiger partial charge in [-0.15, -0.1) is 0 Å². The van der Waals surface area contributed by atoms with Crippen LogP contribution in [0.1, 0.15) is 48.8 Å². The number of nitrogens with zero attached hydrogens (tertiary/aromatic N) is 2. The van der Waals surface area contributed by atoms with E-state index in [1.165, 1.54) is 4.90 Å². The van der Waals surface area contributed by atoms with Gasteiger partial charge in [-0.05, 0) is 48.2 Å². The largest absolute Gasteiger partial charge is 0.438 e. The standard InChI is InChI=1S/C30H34N4O4/c1-20(2)17-26(35)33-25-12-10-23(11-13-25)28-27(29(36)32-16-14-24-9-4-5-15-31-24)34(30(37)38-28)19-22-8-6-7-21(3)18-22/h4-13,15,18,20,27-28H,14,16-17,19H2,1-3H3,(H,32,36)(H,33,35). The second-order valence-corrected chi connectivity index (χ2v) is 10.00. The Balaban J connectivity index is 1.52. The molecule has 3 amide bonds. The van der Waals surface area contributed by atoms with Crippen LogP contribution in [0.5, 0.6) is 0 Å². The van der Waals surface area contributed by atoms with Gasteiger partial charge in [-0.1, -0.05) is 61.9 Å². The van der Waals surface area contributed by atoms with Crippen LogP contribution in [0.15, 0.2) is 72.9 Å². The highest BCUT2D eigenvalue weighted by atomic mass is 16.6. The van der Waals surface area contributed by atoms with Crippen LogP contribution >= 0.6 is 0 Å². The molecule has 0 aliphatic carbocycles. The third-order valence-electron chi connectivity index (χ3n) is 6.31. The van der Waals surface area contributed by atoms with Crippen molar-refractivity contribution in [1.29, 1.82) is 0 Å². The van der Waals surface area contributed by atoms with Gasteiger partial charge in [-0.3, -0.25) is 19.5 Å². The summed E-state index contributed by atoms with van der Waals surface area (Å²) in [4.78, 5) is 44.4. The lowest BCUT2D eigenvalue weighted by molar-refractivity contribution is -0.126. The Labute approximate surface area is 223 Å². The van der Waals surface area contributed by atoms with Crippen LogP contribution in [0.25, 0.3) is 0 Å². The molecule has 0 radical (unpaired) electrons. The molecule has 1 saturated heterocycles. The lowest BCUT2D eigenvalue weighted by atomic mass is 10.00. The Morgan fingerprint density at radius 2 is 1.84 bits per heavy atom. The molecule has 2 aromatic carbocycles. The molecule has 0 spiro atoms. The zero-order valence-corrected chi connectivity index (χ0v) is 22.0. The summed E-state index contributed by atoms with van der Waals surface area (Å²) >= 11 is 0. The van der Waals surface area contributed by atoms with Gasteiger partial charge in [0.25, 0.3) is 0 Å². The number of carbonyl (C=O) groups excluding carboxylic acids is 3. The van der Waals surface area contributed by atoms with Gasteiger partial charge in [0.15, 0.2) is 12.1 Å². The summed E-state index contributed by atoms with van der Waals surface area (Å²) in [7, 11) is 0. The normalized spacial score (nSPS) is 16.8. The van der Waals surface area contributed by atoms with Crippen molar-refractivity contribution < 1.29 is 19.1 Å². The highest BCUT2D eigenvalue weighted by Crippen LogP contribution is 2.34. The van der Waals surface area contributed by atoms with Crippen LogP contribution in [-0.4, -0.2) is 40.4 Å². The molecule has 1 aromatic heterocycles. The number of nitrogens with one attached hydrogen (secondary N) is 2. The van der Waals surface area contributed by atoms with Crippen molar-refractivity contribution in [1.82, 2.24) is 15.2 Å². The number of aryl methyl sites for hydroxylation is 1. The smallest absolute Gasteiger partial charge is 0.411 e. The molecule has 1 fully saturated rings. The molecule has 4 rings (SSSR count). The monoisotopic (exact) mass is 514 g/mol. The number of amides is 3. The van der Waals surface area contributed by atoms with Crippen molar-refractivity contribution in [2.45, 2.75) is 52.3 Å². The summed E-state index contributed by atoms with van der Waals surface area (Å²) in [6.45, 7) is 6.59. The molecule has 2 unspecified atom stereocenters. The minimum absolute atomic E-state index is 0.0606. The Bertz CT molecular complexity index is 1260. The van der Waals surface area contributed by atoms with Gasteiger partial charge < -0.3 is 15.4 Å². The molecule has 8 heteroatoms. The maximum absolute atomic E-state index is 13.5. The van der Waals surface area contributed by atoms with Gasteiger partial charge in [0.2, 0.25) is 11.8 Å². The zero-order chi connectivity index (χ0) is 27.1. The number of carbonyl (C=O) groups is 3. The lowest BCUT2D eigenvalue weighted by Gasteiger charge is -2.24. The Morgan fingerprint density at radius 1 is 1.05 bits per heavy atom. The number of ether oxygens (including phenoxy) is 1. The van der Waals surface area contributed by atoms with Gasteiger partial charge in [0, 0.05) is 37.0 Å². The first-order chi connectivity index (χ1) is 18.3. The molecule has 0 saturated carbocycles. The van der Waals surface area contributed by atoms with Crippen molar-refractivity contribution >= 4 is 23.6 Å². The number of rotatable bonds is 10. The third kappa shape index (κ3) is 6.97. The zero-order valence-electron chi connectivity index (χ0n) is 22.0. The van der Waals surface area contributed by atoms with E-state index in [4.69, 9.17) is 4.74 Å². The van der Waals surface area contributed by atoms with Gasteiger partial charge in [-0.2, -0.15) is 0 Å². The topological polar surface area (TPSA) is 101 Å². The van der Waals surface area contributed by atoms with E-state index in [-0.39, 0.29) is 24.3 Å². The molecule has 0 bridgehead atoms. The van der Waals surface area contributed by atoms with Crippen LogP contribution < -0.4 is 10.6 Å². The minimum Gasteiger partial charge on any atom is -0.438 e. The maximum Gasteiger partial charge on any atom is 0.411 e. The first-order valence-corrected chi connectivity index (χ1v) is 12.9. The molecule has 1 aliphatic heterocycles. The molecule has 2 N–H and O–H groups in total. The third-order valence-corrected chi connectivity index (χ3v) is 6.31. The van der Waals surface area contributed by atoms with E-state index >= 15 is 0 Å². The average molecular weight is 515 g/mol. The lowest BCUT2D eigenvalue weighted by Crippen LogP contribution is -2.46. The van der Waals surface area contributed by atoms with Crippen LogP contribution in [-0.2, 0) is 27.3 Å². The van der Waals surface area contributed by atoms with Gasteiger partial charge >= 0.3 is 6.09 Å². The van der Waals surface area contributed by atoms with Crippen LogP contribution in [0.3, 0.4) is 0 Å². The van der Waals surface area contributed by atoms with Gasteiger partial charge in [-0.25, -0.2) is 4.79 Å². The number of hydrogen-bond acceptors (Lipinski definition) is 5. The minimum atomic E-state index is -0.854. The second kappa shape index (κ2) is 12.4. The second-order valence-electron chi connectivity index (χ2n) is 10.00. The quantitative estimate of drug-likeness (QED) is 0.405. The maximum atomic E-state index is 13.5. The number of cyclic esters (lactones) is 1. The molecular formula is C30H34N4O4. The van der Waals surface area contributed by atoms with Gasteiger partial charge in [0.05, 0.1) is 6.54 Å². The fourth-order valence-corrected chi connectivity index (χ4v) is 4.52. The van der Waals surface area contributed by atoms with Crippen LogP contribution in [0.2, 0.25) is 0 Å². The van der Waals surface area contributed by atoms with Crippen LogP contribution in [0, 0.1) is 12.8 Å². The fourth-order valence-electron chi connectivity index (χ4n) is 4.52. The van der Waals surface area contributed by atoms with Crippen molar-refractivity contribution in [3.05, 3.63) is 95.3 Å². The number of pyridine rings is 1. The SMILES string of the molecule is Cc1cccc(CN2C(=O)OC(c3ccc(NC(=O)CC(C)C)cc3)C2C(=O)NCCc2ccccn2)c1. The number of benzene rings is 2. The van der Waals surface area contributed by atoms with Crippen molar-refractivity contribution in [2.75, 3.05) is 11.9 Å². The van der Waals surface area contributed by atoms with E-state index in [0.29, 0.717) is 30.6 Å². The van der Waals surface area contributed by atoms with Gasteiger partial charge in [0.1, 0.15) is 0 Å². The first kappa shape index (κ1) is 26.9. The predicted octanol–water partition coefficient (Wildman–Crippen LogP) is 4.80. The number of anilines is 1. The number of hydrogen-bond donors (Lipinski definition) is 2. The highest BCUT2D eigenvalue weighted by Gasteiger charge is 2.46. The van der Waals surface area contributed by atoms with Crippen molar-refractivity contribution in [3.63, 3.8) is 0 Å². The molecule has 38 heavy (non-hydrogen) atoms. The van der Waals surface area contributed by atoms with E-state index in [1.807, 2.05) is 63.2 Å². The molecule has 3 aromatic rings. The molecule has 198 valence electrons. The van der Waals surface area contributed by atoms with Crippen molar-refractivity contribution in [3.8, 4) is 0 Å². The van der Waals surface area contributed by atoms with E-state index in [2.05, 4.69) is 15.6 Å². The summed E-state index contributed by atoms with van der Waals surface area (Å²) < 4.78 is 5.76. The van der Waals surface area contributed by atoms with E-state index < -0.39 is 18.2 Å². The summed E-state index contributed by atoms with van der Waals surface area (Å²) in [6.07, 6.45) is 1.38. The molecular weight excluding hydrogens is 480 g/mol. The summed E-state index contributed by atoms with van der Waals surface area (Å²) in [5, 5.41) is 5.85. The first-order valence-electron chi connectivity index (χ1n) is 12.9. The van der Waals surface area contributed by atoms with E-state index in [9.17, 15) is 14.4 Å². The molecule has 2 heterocycles. The van der Waals surface area contributed by atoms with Crippen LogP contribution in [0.4, 0.5) is 10.5 Å². The Morgan fingerprint density at radius 3 is 2.53 bits per heavy atom. The summed E-state index contributed by atoms with van der Waals surface area (Å²) in [5.41, 5.74) is 4.18. The summed E-state index contributed by atoms with van der Waals surface area (Å²) in [6, 6.07) is 19.7. The fraction of sp³-hybridized carbons (Fsp3) is 0.333. The van der Waals surface area contributed by atoms with E-state index in [0.717, 1.165) is 16.8 Å². The van der Waals surface area contributed by atoms with Crippen molar-refractivity contribution in [2.24, 2.45) is 5.92 Å². The Hall–Kier alpha value is -4.20. The molecule has 2 atom stereocenters. The number of aromatic nitrogens is 1. The highest BCUT2D eigenvalue weighted by molar-refractivity contribution is 5.91. The predicted molar refractivity (Wildman–Crippen MR) is 145 cm³/mol. The molecule has 8 nitrogen and oxygen atoms in total. The van der Waals surface area contributed by atoms with E-state index in [1.54, 1.807) is 30.5 Å².